The van der Waals surface area contributed by atoms with Gasteiger partial charge in [-0.1, -0.05) is 24.3 Å². The molecular formula is C13H12F3N3O2. The van der Waals surface area contributed by atoms with Crippen molar-refractivity contribution in [1.82, 2.24) is 15.0 Å². The van der Waals surface area contributed by atoms with Crippen LogP contribution in [0.4, 0.5) is 13.2 Å². The van der Waals surface area contributed by atoms with Crippen LogP contribution in [0.25, 0.3) is 5.69 Å². The van der Waals surface area contributed by atoms with Crippen molar-refractivity contribution in [3.63, 3.8) is 0 Å². The fraction of sp³-hybridized carbons (Fsp3) is 0.308. The van der Waals surface area contributed by atoms with Gasteiger partial charge in [-0.05, 0) is 18.6 Å². The summed E-state index contributed by atoms with van der Waals surface area (Å²) in [5.74, 6) is 0.243. The molecule has 0 atom stereocenters. The number of nitrogens with zero attached hydrogens (tertiary/aromatic N) is 3. The van der Waals surface area contributed by atoms with E-state index >= 15 is 0 Å². The fourth-order valence-electron chi connectivity index (χ4n) is 1.77. The summed E-state index contributed by atoms with van der Waals surface area (Å²) in [6.07, 6.45) is -4.02. The molecule has 0 radical (unpaired) electrons. The highest BCUT2D eigenvalue weighted by Gasteiger charge is 2.40. The third kappa shape index (κ3) is 3.04. The maximum atomic E-state index is 13.1. The van der Waals surface area contributed by atoms with Crippen molar-refractivity contribution >= 4 is 6.29 Å². The Kier molecular flexibility index (Phi) is 4.25. The number of alkyl halides is 3. The van der Waals surface area contributed by atoms with Gasteiger partial charge in [0.05, 0.1) is 6.61 Å². The standard InChI is InChI=1S/C13H12F3N3O2/c1-2-7-21-11-6-4-3-5-10(11)19-12(13(14,15)16)9(8-20)17-18-19/h3-6,8H,2,7H2,1H3. The van der Waals surface area contributed by atoms with Crippen LogP contribution in [0, 0.1) is 0 Å². The predicted molar refractivity (Wildman–Crippen MR) is 67.5 cm³/mol. The van der Waals surface area contributed by atoms with Gasteiger partial charge in [0.25, 0.3) is 0 Å². The number of hydrogen-bond acceptors (Lipinski definition) is 4. The molecule has 8 heteroatoms. The van der Waals surface area contributed by atoms with Gasteiger partial charge >= 0.3 is 6.18 Å². The maximum absolute atomic E-state index is 13.1. The summed E-state index contributed by atoms with van der Waals surface area (Å²) in [6.45, 7) is 2.23. The number of carbonyl (C=O) groups excluding carboxylic acids is 1. The van der Waals surface area contributed by atoms with Gasteiger partial charge in [-0.3, -0.25) is 4.79 Å². The number of ether oxygens (including phenoxy) is 1. The van der Waals surface area contributed by atoms with Gasteiger partial charge < -0.3 is 4.74 Å². The van der Waals surface area contributed by atoms with Crippen LogP contribution >= 0.6 is 0 Å². The molecular weight excluding hydrogens is 287 g/mol. The first-order valence-electron chi connectivity index (χ1n) is 6.19. The summed E-state index contributed by atoms with van der Waals surface area (Å²) >= 11 is 0. The molecule has 1 heterocycles. The number of aromatic nitrogens is 3. The molecule has 0 saturated heterocycles. The van der Waals surface area contributed by atoms with E-state index in [1.807, 2.05) is 6.92 Å². The smallest absolute Gasteiger partial charge is 0.435 e. The Morgan fingerprint density at radius 2 is 2.05 bits per heavy atom. The summed E-state index contributed by atoms with van der Waals surface area (Å²) in [5.41, 5.74) is -1.89. The normalized spacial score (nSPS) is 11.4. The molecule has 0 amide bonds. The van der Waals surface area contributed by atoms with Gasteiger partial charge in [0.15, 0.2) is 17.7 Å². The molecule has 1 aromatic heterocycles. The van der Waals surface area contributed by atoms with Crippen molar-refractivity contribution in [2.75, 3.05) is 6.61 Å². The third-order valence-electron chi connectivity index (χ3n) is 2.63. The predicted octanol–water partition coefficient (Wildman–Crippen LogP) is 2.89. The van der Waals surface area contributed by atoms with Crippen LogP contribution in [0.1, 0.15) is 29.5 Å². The van der Waals surface area contributed by atoms with Gasteiger partial charge in [-0.15, -0.1) is 5.10 Å². The van der Waals surface area contributed by atoms with E-state index in [9.17, 15) is 18.0 Å². The summed E-state index contributed by atoms with van der Waals surface area (Å²) in [6, 6.07) is 6.15. The summed E-state index contributed by atoms with van der Waals surface area (Å²) in [4.78, 5) is 10.7. The number of halogens is 3. The van der Waals surface area contributed by atoms with E-state index in [0.29, 0.717) is 17.7 Å². The van der Waals surface area contributed by atoms with Crippen molar-refractivity contribution in [2.45, 2.75) is 19.5 Å². The van der Waals surface area contributed by atoms with Crippen molar-refractivity contribution < 1.29 is 22.7 Å². The van der Waals surface area contributed by atoms with Crippen molar-refractivity contribution in [3.8, 4) is 11.4 Å². The number of hydrogen-bond donors (Lipinski definition) is 0. The SMILES string of the molecule is CCCOc1ccccc1-n1nnc(C=O)c1C(F)(F)F. The quantitative estimate of drug-likeness (QED) is 0.797. The lowest BCUT2D eigenvalue weighted by Gasteiger charge is -2.13. The maximum Gasteiger partial charge on any atom is 0.435 e. The molecule has 0 bridgehead atoms. The first-order valence-corrected chi connectivity index (χ1v) is 6.19. The zero-order chi connectivity index (χ0) is 15.5. The molecule has 0 aliphatic rings. The Labute approximate surface area is 118 Å². The highest BCUT2D eigenvalue weighted by atomic mass is 19.4. The van der Waals surface area contributed by atoms with E-state index in [1.54, 1.807) is 12.1 Å². The average molecular weight is 299 g/mol. The second kappa shape index (κ2) is 5.94. The third-order valence-corrected chi connectivity index (χ3v) is 2.63. The van der Waals surface area contributed by atoms with Gasteiger partial charge in [0, 0.05) is 0 Å². The van der Waals surface area contributed by atoms with Crippen LogP contribution in [0.2, 0.25) is 0 Å². The lowest BCUT2D eigenvalue weighted by Crippen LogP contribution is -2.16. The number of carbonyl (C=O) groups is 1. The minimum absolute atomic E-state index is 0.0296. The van der Waals surface area contributed by atoms with Gasteiger partial charge in [-0.25, -0.2) is 4.68 Å². The molecule has 2 aromatic rings. The molecule has 112 valence electrons. The van der Waals surface area contributed by atoms with Gasteiger partial charge in [0.1, 0.15) is 11.4 Å². The first kappa shape index (κ1) is 15.0. The van der Waals surface area contributed by atoms with E-state index in [2.05, 4.69) is 10.3 Å². The second-order valence-corrected chi connectivity index (χ2v) is 4.17. The molecule has 2 rings (SSSR count). The Morgan fingerprint density at radius 1 is 1.33 bits per heavy atom. The highest BCUT2D eigenvalue weighted by Crippen LogP contribution is 2.34. The lowest BCUT2D eigenvalue weighted by molar-refractivity contribution is -0.143. The summed E-state index contributed by atoms with van der Waals surface area (Å²) in [5, 5.41) is 6.70. The Morgan fingerprint density at radius 3 is 2.67 bits per heavy atom. The molecule has 1 aromatic carbocycles. The summed E-state index contributed by atoms with van der Waals surface area (Å²) in [7, 11) is 0. The van der Waals surface area contributed by atoms with Crippen LogP contribution in [0.15, 0.2) is 24.3 Å². The molecule has 0 saturated carbocycles. The van der Waals surface area contributed by atoms with E-state index < -0.39 is 17.6 Å². The second-order valence-electron chi connectivity index (χ2n) is 4.17. The minimum Gasteiger partial charge on any atom is -0.491 e. The van der Waals surface area contributed by atoms with Crippen molar-refractivity contribution in [3.05, 3.63) is 35.7 Å². The minimum atomic E-state index is -4.75. The van der Waals surface area contributed by atoms with Crippen molar-refractivity contribution in [2.24, 2.45) is 0 Å². The lowest BCUT2D eigenvalue weighted by atomic mass is 10.2. The number of rotatable bonds is 5. The topological polar surface area (TPSA) is 57.0 Å². The Hall–Kier alpha value is -2.38. The van der Waals surface area contributed by atoms with Crippen LogP contribution in [-0.2, 0) is 6.18 Å². The van der Waals surface area contributed by atoms with Crippen LogP contribution in [-0.4, -0.2) is 27.9 Å². The molecule has 21 heavy (non-hydrogen) atoms. The zero-order valence-corrected chi connectivity index (χ0v) is 11.1. The zero-order valence-electron chi connectivity index (χ0n) is 11.1. The first-order chi connectivity index (χ1) is 9.99. The number of para-hydroxylation sites is 2. The summed E-state index contributed by atoms with van der Waals surface area (Å²) < 4.78 is 45.3. The fourth-order valence-corrected chi connectivity index (χ4v) is 1.77. The average Bonchev–Trinajstić information content (AvgIpc) is 2.89. The number of aldehydes is 1. The Bertz CT molecular complexity index is 638. The largest absolute Gasteiger partial charge is 0.491 e. The molecule has 5 nitrogen and oxygen atoms in total. The van der Waals surface area contributed by atoms with E-state index in [0.717, 1.165) is 0 Å². The van der Waals surface area contributed by atoms with E-state index in [1.165, 1.54) is 12.1 Å². The molecule has 0 spiro atoms. The highest BCUT2D eigenvalue weighted by molar-refractivity contribution is 5.74. The molecule has 0 unspecified atom stereocenters. The van der Waals surface area contributed by atoms with E-state index in [4.69, 9.17) is 4.74 Å². The van der Waals surface area contributed by atoms with Crippen LogP contribution in [0.3, 0.4) is 0 Å². The van der Waals surface area contributed by atoms with Gasteiger partial charge in [0.2, 0.25) is 0 Å². The van der Waals surface area contributed by atoms with Crippen LogP contribution < -0.4 is 4.74 Å². The molecule has 0 aliphatic carbocycles. The molecule has 0 aliphatic heterocycles. The van der Waals surface area contributed by atoms with Crippen LogP contribution in [0.5, 0.6) is 5.75 Å². The van der Waals surface area contributed by atoms with Crippen molar-refractivity contribution in [1.29, 1.82) is 0 Å². The van der Waals surface area contributed by atoms with E-state index in [-0.39, 0.29) is 17.7 Å². The van der Waals surface area contributed by atoms with Gasteiger partial charge in [-0.2, -0.15) is 13.2 Å². The molecule has 0 fully saturated rings. The molecule has 0 N–H and O–H groups in total. The number of benzene rings is 1. The monoisotopic (exact) mass is 299 g/mol. The Balaban J connectivity index is 2.57.